The van der Waals surface area contributed by atoms with Crippen LogP contribution in [0.3, 0.4) is 0 Å². The second kappa shape index (κ2) is 5.09. The van der Waals surface area contributed by atoms with Crippen molar-refractivity contribution in [3.63, 3.8) is 0 Å². The Morgan fingerprint density at radius 3 is 2.73 bits per heavy atom. The maximum absolute atomic E-state index is 13.5. The topological polar surface area (TPSA) is 41.5 Å². The monoisotopic (exact) mass is 213 g/mol. The number of rotatable bonds is 4. The van der Waals surface area contributed by atoms with Gasteiger partial charge in [0.2, 0.25) is 0 Å². The molecule has 0 bridgehead atoms. The highest BCUT2D eigenvalue weighted by atomic mass is 19.1. The molecule has 1 rings (SSSR count). The number of nitrogens with one attached hydrogen (secondary N) is 1. The van der Waals surface area contributed by atoms with Crippen LogP contribution in [-0.2, 0) is 0 Å². The van der Waals surface area contributed by atoms with Crippen LogP contribution in [0.2, 0.25) is 0 Å². The Hall–Kier alpha value is -1.13. The molecule has 3 nitrogen and oxygen atoms in total. The van der Waals surface area contributed by atoms with Crippen molar-refractivity contribution in [3.05, 3.63) is 29.1 Å². The molecule has 1 aromatic carbocycles. The van der Waals surface area contributed by atoms with E-state index in [0.29, 0.717) is 12.1 Å². The lowest BCUT2D eigenvalue weighted by atomic mass is 10.0. The SMILES string of the molecule is CNCC(O)c1cc(C)cc(F)c1OC. The van der Waals surface area contributed by atoms with Gasteiger partial charge in [-0.15, -0.1) is 0 Å². The lowest BCUT2D eigenvalue weighted by Crippen LogP contribution is -2.17. The molecule has 0 saturated heterocycles. The number of aryl methyl sites for hydroxylation is 1. The fraction of sp³-hybridized carbons (Fsp3) is 0.455. The van der Waals surface area contributed by atoms with Crippen molar-refractivity contribution in [2.75, 3.05) is 20.7 Å². The van der Waals surface area contributed by atoms with Gasteiger partial charge < -0.3 is 15.2 Å². The summed E-state index contributed by atoms with van der Waals surface area (Å²) in [6.07, 6.45) is -0.764. The maximum atomic E-state index is 13.5. The van der Waals surface area contributed by atoms with Gasteiger partial charge in [0.05, 0.1) is 13.2 Å². The van der Waals surface area contributed by atoms with E-state index in [-0.39, 0.29) is 5.75 Å². The Bertz CT molecular complexity index is 342. The summed E-state index contributed by atoms with van der Waals surface area (Å²) in [5.41, 5.74) is 1.24. The zero-order chi connectivity index (χ0) is 11.4. The molecular weight excluding hydrogens is 197 g/mol. The summed E-state index contributed by atoms with van der Waals surface area (Å²) < 4.78 is 18.4. The molecule has 2 N–H and O–H groups in total. The van der Waals surface area contributed by atoms with E-state index in [1.807, 2.05) is 0 Å². The molecule has 1 aromatic rings. The normalized spacial score (nSPS) is 12.6. The molecule has 0 amide bonds. The summed E-state index contributed by atoms with van der Waals surface area (Å²) in [7, 11) is 3.12. The number of benzene rings is 1. The number of methoxy groups -OCH3 is 1. The van der Waals surface area contributed by atoms with Crippen molar-refractivity contribution < 1.29 is 14.2 Å². The lowest BCUT2D eigenvalue weighted by Gasteiger charge is -2.15. The van der Waals surface area contributed by atoms with Gasteiger partial charge in [0.15, 0.2) is 11.6 Å². The van der Waals surface area contributed by atoms with Crippen LogP contribution in [0.5, 0.6) is 5.75 Å². The van der Waals surface area contributed by atoms with Crippen molar-refractivity contribution in [2.24, 2.45) is 0 Å². The summed E-state index contributed by atoms with van der Waals surface area (Å²) in [5, 5.41) is 12.6. The summed E-state index contributed by atoms with van der Waals surface area (Å²) >= 11 is 0. The molecule has 0 aliphatic carbocycles. The smallest absolute Gasteiger partial charge is 0.165 e. The van der Waals surface area contributed by atoms with Gasteiger partial charge in [-0.25, -0.2) is 4.39 Å². The first-order valence-electron chi connectivity index (χ1n) is 4.76. The minimum absolute atomic E-state index is 0.114. The Labute approximate surface area is 88.9 Å². The van der Waals surface area contributed by atoms with Crippen LogP contribution in [0.4, 0.5) is 4.39 Å². The standard InChI is InChI=1S/C11H16FNO2/c1-7-4-8(10(14)6-13-2)11(15-3)9(12)5-7/h4-5,10,13-14H,6H2,1-3H3. The first-order valence-corrected chi connectivity index (χ1v) is 4.76. The van der Waals surface area contributed by atoms with Crippen LogP contribution < -0.4 is 10.1 Å². The Morgan fingerprint density at radius 1 is 1.53 bits per heavy atom. The quantitative estimate of drug-likeness (QED) is 0.794. The average Bonchev–Trinajstić information content (AvgIpc) is 2.17. The van der Waals surface area contributed by atoms with E-state index < -0.39 is 11.9 Å². The average molecular weight is 213 g/mol. The minimum Gasteiger partial charge on any atom is -0.493 e. The predicted molar refractivity (Wildman–Crippen MR) is 56.6 cm³/mol. The number of hydrogen-bond donors (Lipinski definition) is 2. The van der Waals surface area contributed by atoms with E-state index in [2.05, 4.69) is 5.32 Å². The second-order valence-electron chi connectivity index (χ2n) is 3.44. The zero-order valence-electron chi connectivity index (χ0n) is 9.17. The highest BCUT2D eigenvalue weighted by Crippen LogP contribution is 2.29. The summed E-state index contributed by atoms with van der Waals surface area (Å²) in [6, 6.07) is 3.11. The van der Waals surface area contributed by atoms with Gasteiger partial charge in [-0.3, -0.25) is 0 Å². The highest BCUT2D eigenvalue weighted by Gasteiger charge is 2.16. The van der Waals surface area contributed by atoms with Gasteiger partial charge in [-0.05, 0) is 31.7 Å². The Kier molecular flexibility index (Phi) is 4.05. The van der Waals surface area contributed by atoms with Crippen LogP contribution in [0, 0.1) is 12.7 Å². The molecule has 0 aromatic heterocycles. The predicted octanol–water partition coefficient (Wildman–Crippen LogP) is 1.40. The molecule has 0 aliphatic heterocycles. The number of halogens is 1. The van der Waals surface area contributed by atoms with Crippen LogP contribution in [0.25, 0.3) is 0 Å². The molecular formula is C11H16FNO2. The van der Waals surface area contributed by atoms with Gasteiger partial charge in [-0.2, -0.15) is 0 Å². The number of aliphatic hydroxyl groups excluding tert-OH is 1. The molecule has 84 valence electrons. The van der Waals surface area contributed by atoms with E-state index in [0.717, 1.165) is 5.56 Å². The van der Waals surface area contributed by atoms with Gasteiger partial charge in [0, 0.05) is 12.1 Å². The number of ether oxygens (including phenoxy) is 1. The largest absolute Gasteiger partial charge is 0.493 e. The number of hydrogen-bond acceptors (Lipinski definition) is 3. The highest BCUT2D eigenvalue weighted by molar-refractivity contribution is 5.40. The molecule has 0 fully saturated rings. The molecule has 0 radical (unpaired) electrons. The third-order valence-corrected chi connectivity index (χ3v) is 2.18. The third-order valence-electron chi connectivity index (χ3n) is 2.18. The van der Waals surface area contributed by atoms with Crippen LogP contribution in [0.15, 0.2) is 12.1 Å². The van der Waals surface area contributed by atoms with E-state index >= 15 is 0 Å². The number of aliphatic hydroxyl groups is 1. The van der Waals surface area contributed by atoms with E-state index in [1.165, 1.54) is 13.2 Å². The fourth-order valence-electron chi connectivity index (χ4n) is 1.52. The van der Waals surface area contributed by atoms with Gasteiger partial charge in [-0.1, -0.05) is 0 Å². The summed E-state index contributed by atoms with van der Waals surface area (Å²) in [4.78, 5) is 0. The third kappa shape index (κ3) is 2.67. The lowest BCUT2D eigenvalue weighted by molar-refractivity contribution is 0.172. The molecule has 4 heteroatoms. The summed E-state index contributed by atoms with van der Waals surface area (Å²) in [5.74, 6) is -0.328. The zero-order valence-corrected chi connectivity index (χ0v) is 9.17. The van der Waals surface area contributed by atoms with Crippen LogP contribution in [-0.4, -0.2) is 25.8 Å². The van der Waals surface area contributed by atoms with Gasteiger partial charge in [0.1, 0.15) is 0 Å². The van der Waals surface area contributed by atoms with Crippen molar-refractivity contribution in [1.29, 1.82) is 0 Å². The molecule has 0 saturated carbocycles. The molecule has 15 heavy (non-hydrogen) atoms. The van der Waals surface area contributed by atoms with Gasteiger partial charge in [0.25, 0.3) is 0 Å². The summed E-state index contributed by atoms with van der Waals surface area (Å²) in [6.45, 7) is 2.14. The molecule has 0 spiro atoms. The van der Waals surface area contributed by atoms with Crippen molar-refractivity contribution in [3.8, 4) is 5.75 Å². The van der Waals surface area contributed by atoms with Gasteiger partial charge >= 0.3 is 0 Å². The van der Waals surface area contributed by atoms with Crippen LogP contribution in [0.1, 0.15) is 17.2 Å². The Balaban J connectivity index is 3.13. The minimum atomic E-state index is -0.764. The van der Waals surface area contributed by atoms with Crippen molar-refractivity contribution in [1.82, 2.24) is 5.32 Å². The number of likely N-dealkylation sites (N-methyl/N-ethyl adjacent to an activating group) is 1. The maximum Gasteiger partial charge on any atom is 0.165 e. The van der Waals surface area contributed by atoms with Crippen molar-refractivity contribution >= 4 is 0 Å². The molecule has 1 atom stereocenters. The Morgan fingerprint density at radius 2 is 2.20 bits per heavy atom. The second-order valence-corrected chi connectivity index (χ2v) is 3.44. The van der Waals surface area contributed by atoms with Crippen molar-refractivity contribution in [2.45, 2.75) is 13.0 Å². The fourth-order valence-corrected chi connectivity index (χ4v) is 1.52. The van der Waals surface area contributed by atoms with E-state index in [9.17, 15) is 9.50 Å². The molecule has 0 heterocycles. The van der Waals surface area contributed by atoms with E-state index in [1.54, 1.807) is 20.0 Å². The first-order chi connectivity index (χ1) is 7.10. The van der Waals surface area contributed by atoms with Crippen LogP contribution >= 0.6 is 0 Å². The first kappa shape index (κ1) is 11.9. The molecule has 1 unspecified atom stereocenters. The molecule has 0 aliphatic rings. The van der Waals surface area contributed by atoms with E-state index in [4.69, 9.17) is 4.74 Å².